The van der Waals surface area contributed by atoms with Crippen LogP contribution in [0.5, 0.6) is 5.75 Å². The van der Waals surface area contributed by atoms with Crippen molar-refractivity contribution in [3.63, 3.8) is 0 Å². The Labute approximate surface area is 132 Å². The Morgan fingerprint density at radius 2 is 1.90 bits per heavy atom. The molecule has 1 unspecified atom stereocenters. The molecule has 2 aromatic rings. The van der Waals surface area contributed by atoms with E-state index in [1.54, 1.807) is 7.11 Å². The number of hydrogen-bond donors (Lipinski definition) is 1. The average Bonchev–Trinajstić information content (AvgIpc) is 2.45. The highest BCUT2D eigenvalue weighted by molar-refractivity contribution is 6.30. The van der Waals surface area contributed by atoms with E-state index in [4.69, 9.17) is 16.3 Å². The van der Waals surface area contributed by atoms with Crippen LogP contribution in [0.1, 0.15) is 35.2 Å². The van der Waals surface area contributed by atoms with Gasteiger partial charge in [-0.25, -0.2) is 0 Å². The van der Waals surface area contributed by atoms with Crippen molar-refractivity contribution in [3.8, 4) is 5.75 Å². The quantitative estimate of drug-likeness (QED) is 0.855. The molecule has 0 amide bonds. The molecule has 0 aliphatic carbocycles. The number of halogens is 1. The summed E-state index contributed by atoms with van der Waals surface area (Å²) in [5, 5.41) is 4.27. The van der Waals surface area contributed by atoms with Crippen molar-refractivity contribution in [2.24, 2.45) is 0 Å². The van der Waals surface area contributed by atoms with Crippen LogP contribution < -0.4 is 10.1 Å². The highest BCUT2D eigenvalue weighted by Gasteiger charge is 2.10. The number of hydrogen-bond acceptors (Lipinski definition) is 2. The fourth-order valence-corrected chi connectivity index (χ4v) is 2.76. The molecule has 0 radical (unpaired) electrons. The molecule has 0 spiro atoms. The Morgan fingerprint density at radius 1 is 1.14 bits per heavy atom. The van der Waals surface area contributed by atoms with Crippen molar-refractivity contribution >= 4 is 11.6 Å². The van der Waals surface area contributed by atoms with Crippen LogP contribution in [0.25, 0.3) is 0 Å². The first-order chi connectivity index (χ1) is 10.0. The van der Waals surface area contributed by atoms with Gasteiger partial charge in [0.2, 0.25) is 0 Å². The second kappa shape index (κ2) is 6.97. The molecule has 0 fully saturated rings. The normalized spacial score (nSPS) is 12.2. The topological polar surface area (TPSA) is 21.3 Å². The molecule has 1 atom stereocenters. The van der Waals surface area contributed by atoms with Crippen molar-refractivity contribution in [2.75, 3.05) is 7.11 Å². The molecule has 2 aromatic carbocycles. The lowest BCUT2D eigenvalue weighted by Gasteiger charge is -2.18. The van der Waals surface area contributed by atoms with E-state index in [1.807, 2.05) is 18.2 Å². The van der Waals surface area contributed by atoms with Crippen molar-refractivity contribution in [1.29, 1.82) is 0 Å². The minimum atomic E-state index is 0.272. The first kappa shape index (κ1) is 15.9. The van der Waals surface area contributed by atoms with E-state index in [9.17, 15) is 0 Å². The molecule has 21 heavy (non-hydrogen) atoms. The number of nitrogens with one attached hydrogen (secondary N) is 1. The van der Waals surface area contributed by atoms with Crippen molar-refractivity contribution in [2.45, 2.75) is 33.4 Å². The monoisotopic (exact) mass is 303 g/mol. The molecule has 0 saturated heterocycles. The van der Waals surface area contributed by atoms with E-state index in [1.165, 1.54) is 16.7 Å². The summed E-state index contributed by atoms with van der Waals surface area (Å²) in [6, 6.07) is 12.5. The van der Waals surface area contributed by atoms with Crippen molar-refractivity contribution in [1.82, 2.24) is 5.32 Å². The Balaban J connectivity index is 2.10. The van der Waals surface area contributed by atoms with Crippen LogP contribution in [0, 0.1) is 13.8 Å². The maximum Gasteiger partial charge on any atom is 0.123 e. The third-order valence-electron chi connectivity index (χ3n) is 3.73. The Morgan fingerprint density at radius 3 is 2.57 bits per heavy atom. The molecule has 0 aliphatic heterocycles. The first-order valence-corrected chi connectivity index (χ1v) is 7.52. The molecular formula is C18H22ClNO. The van der Waals surface area contributed by atoms with Crippen molar-refractivity contribution < 1.29 is 4.74 Å². The maximum absolute atomic E-state index is 6.07. The van der Waals surface area contributed by atoms with Gasteiger partial charge in [0.05, 0.1) is 7.11 Å². The fraction of sp³-hybridized carbons (Fsp3) is 0.333. The minimum absolute atomic E-state index is 0.272. The summed E-state index contributed by atoms with van der Waals surface area (Å²) in [4.78, 5) is 0. The molecule has 0 bridgehead atoms. The standard InChI is InChI=1S/C18H22ClNO/c1-12-5-7-17(13(2)9-12)14(3)20-11-15-10-16(19)6-8-18(15)21-4/h5-10,14,20H,11H2,1-4H3. The van der Waals surface area contributed by atoms with E-state index in [2.05, 4.69) is 44.3 Å². The molecule has 112 valence electrons. The van der Waals surface area contributed by atoms with Gasteiger partial charge in [-0.3, -0.25) is 0 Å². The second-order valence-electron chi connectivity index (χ2n) is 5.42. The van der Waals surface area contributed by atoms with Crippen LogP contribution in [0.4, 0.5) is 0 Å². The van der Waals surface area contributed by atoms with Gasteiger partial charge in [-0.1, -0.05) is 35.4 Å². The lowest BCUT2D eigenvalue weighted by Crippen LogP contribution is -2.19. The molecule has 2 nitrogen and oxygen atoms in total. The summed E-state index contributed by atoms with van der Waals surface area (Å²) in [6.07, 6.45) is 0. The molecule has 3 heteroatoms. The molecule has 0 heterocycles. The third-order valence-corrected chi connectivity index (χ3v) is 3.97. The number of benzene rings is 2. The highest BCUT2D eigenvalue weighted by atomic mass is 35.5. The second-order valence-corrected chi connectivity index (χ2v) is 5.86. The maximum atomic E-state index is 6.07. The Kier molecular flexibility index (Phi) is 5.27. The summed E-state index contributed by atoms with van der Waals surface area (Å²) < 4.78 is 5.38. The lowest BCUT2D eigenvalue weighted by atomic mass is 10.00. The SMILES string of the molecule is COc1ccc(Cl)cc1CNC(C)c1ccc(C)cc1C. The number of aryl methyl sites for hydroxylation is 2. The smallest absolute Gasteiger partial charge is 0.123 e. The van der Waals surface area contributed by atoms with Gasteiger partial charge in [0.15, 0.2) is 0 Å². The summed E-state index contributed by atoms with van der Waals surface area (Å²) in [7, 11) is 1.68. The van der Waals surface area contributed by atoms with Crippen LogP contribution in [0.3, 0.4) is 0 Å². The van der Waals surface area contributed by atoms with E-state index >= 15 is 0 Å². The largest absolute Gasteiger partial charge is 0.496 e. The van der Waals surface area contributed by atoms with E-state index in [0.29, 0.717) is 0 Å². The first-order valence-electron chi connectivity index (χ1n) is 7.14. The minimum Gasteiger partial charge on any atom is -0.496 e. The number of ether oxygens (including phenoxy) is 1. The van der Waals surface area contributed by atoms with Gasteiger partial charge in [-0.15, -0.1) is 0 Å². The predicted octanol–water partition coefficient (Wildman–Crippen LogP) is 4.82. The van der Waals surface area contributed by atoms with Gasteiger partial charge in [-0.2, -0.15) is 0 Å². The van der Waals surface area contributed by atoms with E-state index in [0.717, 1.165) is 22.9 Å². The Bertz CT molecular complexity index is 625. The van der Waals surface area contributed by atoms with Gasteiger partial charge in [0.1, 0.15) is 5.75 Å². The van der Waals surface area contributed by atoms with E-state index in [-0.39, 0.29) is 6.04 Å². The Hall–Kier alpha value is -1.51. The zero-order valence-electron chi connectivity index (χ0n) is 13.0. The number of methoxy groups -OCH3 is 1. The zero-order valence-corrected chi connectivity index (χ0v) is 13.8. The van der Waals surface area contributed by atoms with Crippen molar-refractivity contribution in [3.05, 3.63) is 63.7 Å². The summed E-state index contributed by atoms with van der Waals surface area (Å²) in [6.45, 7) is 7.17. The highest BCUT2D eigenvalue weighted by Crippen LogP contribution is 2.24. The van der Waals surface area contributed by atoms with Crippen LogP contribution in [0.2, 0.25) is 5.02 Å². The molecule has 1 N–H and O–H groups in total. The predicted molar refractivity (Wildman–Crippen MR) is 89.2 cm³/mol. The third kappa shape index (κ3) is 3.99. The number of rotatable bonds is 5. The average molecular weight is 304 g/mol. The molecule has 0 saturated carbocycles. The molecule has 0 aliphatic rings. The van der Waals surface area contributed by atoms with Crippen LogP contribution in [-0.2, 0) is 6.54 Å². The molecular weight excluding hydrogens is 282 g/mol. The summed E-state index contributed by atoms with van der Waals surface area (Å²) >= 11 is 6.07. The van der Waals surface area contributed by atoms with Crippen LogP contribution in [0.15, 0.2) is 36.4 Å². The van der Waals surface area contributed by atoms with Crippen LogP contribution in [-0.4, -0.2) is 7.11 Å². The lowest BCUT2D eigenvalue weighted by molar-refractivity contribution is 0.406. The zero-order chi connectivity index (χ0) is 15.4. The molecule has 0 aromatic heterocycles. The summed E-state index contributed by atoms with van der Waals surface area (Å²) in [5.41, 5.74) is 5.00. The fourth-order valence-electron chi connectivity index (χ4n) is 2.57. The van der Waals surface area contributed by atoms with Gasteiger partial charge in [0.25, 0.3) is 0 Å². The van der Waals surface area contributed by atoms with E-state index < -0.39 is 0 Å². The van der Waals surface area contributed by atoms with Gasteiger partial charge < -0.3 is 10.1 Å². The van der Waals surface area contributed by atoms with Gasteiger partial charge in [-0.05, 0) is 50.1 Å². The summed E-state index contributed by atoms with van der Waals surface area (Å²) in [5.74, 6) is 0.861. The van der Waals surface area contributed by atoms with Gasteiger partial charge >= 0.3 is 0 Å². The molecule has 2 rings (SSSR count). The van der Waals surface area contributed by atoms with Crippen LogP contribution >= 0.6 is 11.6 Å². The van der Waals surface area contributed by atoms with Gasteiger partial charge in [0, 0.05) is 23.2 Å².